The first kappa shape index (κ1) is 29.8. The Morgan fingerprint density at radius 2 is 1.84 bits per heavy atom. The van der Waals surface area contributed by atoms with E-state index in [1.807, 2.05) is 12.1 Å². The fourth-order valence-electron chi connectivity index (χ4n) is 5.25. The van der Waals surface area contributed by atoms with Crippen molar-refractivity contribution in [1.29, 1.82) is 0 Å². The number of hydrogen-bond donors (Lipinski definition) is 0. The molecule has 0 saturated carbocycles. The van der Waals surface area contributed by atoms with Gasteiger partial charge in [0.1, 0.15) is 23.3 Å². The number of nitrogens with zero attached hydrogens (tertiary/aromatic N) is 2. The van der Waals surface area contributed by atoms with Crippen molar-refractivity contribution in [3.63, 3.8) is 0 Å². The molecule has 0 aliphatic rings. The minimum Gasteiger partial charge on any atom is -0.457 e. The SMILES string of the molecule is C=C(C)C(=O)OCc1ccc2nc(-c3cc4ccc(N(CC(CC)CCCC)c5ccccc5C)cc4oc3=O)oc2c1. The van der Waals surface area contributed by atoms with Gasteiger partial charge >= 0.3 is 11.6 Å². The summed E-state index contributed by atoms with van der Waals surface area (Å²) >= 11 is 0. The molecule has 0 spiro atoms. The zero-order valence-electron chi connectivity index (χ0n) is 25.3. The third kappa shape index (κ3) is 6.72. The molecule has 2 heterocycles. The molecule has 0 radical (unpaired) electrons. The summed E-state index contributed by atoms with van der Waals surface area (Å²) < 4.78 is 17.1. The van der Waals surface area contributed by atoms with Crippen LogP contribution in [0.15, 0.2) is 92.5 Å². The maximum absolute atomic E-state index is 13.2. The number of ether oxygens (including phenoxy) is 1. The van der Waals surface area contributed by atoms with Gasteiger partial charge in [-0.15, -0.1) is 0 Å². The lowest BCUT2D eigenvalue weighted by atomic mass is 9.97. The number of rotatable bonds is 12. The van der Waals surface area contributed by atoms with Gasteiger partial charge in [0.15, 0.2) is 5.58 Å². The Morgan fingerprint density at radius 1 is 1.02 bits per heavy atom. The average Bonchev–Trinajstić information content (AvgIpc) is 3.43. The van der Waals surface area contributed by atoms with Crippen LogP contribution in [0, 0.1) is 12.8 Å². The van der Waals surface area contributed by atoms with Crippen LogP contribution in [0.4, 0.5) is 11.4 Å². The predicted molar refractivity (Wildman–Crippen MR) is 172 cm³/mol. The van der Waals surface area contributed by atoms with Crippen LogP contribution in [0.5, 0.6) is 0 Å². The molecule has 0 aliphatic heterocycles. The first-order chi connectivity index (χ1) is 20.8. The van der Waals surface area contributed by atoms with Crippen molar-refractivity contribution in [3.05, 3.63) is 100 Å². The second-order valence-electron chi connectivity index (χ2n) is 11.2. The summed E-state index contributed by atoms with van der Waals surface area (Å²) in [6.45, 7) is 12.8. The van der Waals surface area contributed by atoms with Gasteiger partial charge in [-0.05, 0) is 73.7 Å². The number of carbonyl (C=O) groups is 1. The molecule has 0 fully saturated rings. The number of hydrogen-bond acceptors (Lipinski definition) is 7. The van der Waals surface area contributed by atoms with Gasteiger partial charge in [0, 0.05) is 34.9 Å². The van der Waals surface area contributed by atoms with E-state index in [4.69, 9.17) is 13.6 Å². The molecule has 43 heavy (non-hydrogen) atoms. The Bertz CT molecular complexity index is 1830. The zero-order valence-corrected chi connectivity index (χ0v) is 25.3. The van der Waals surface area contributed by atoms with Gasteiger partial charge in [-0.3, -0.25) is 0 Å². The smallest absolute Gasteiger partial charge is 0.349 e. The van der Waals surface area contributed by atoms with E-state index in [1.165, 1.54) is 24.8 Å². The molecule has 2 aromatic heterocycles. The minimum atomic E-state index is -0.524. The summed E-state index contributed by atoms with van der Waals surface area (Å²) in [5.41, 5.74) is 5.68. The number of oxazole rings is 1. The molecule has 0 aliphatic carbocycles. The van der Waals surface area contributed by atoms with Gasteiger partial charge in [0.2, 0.25) is 5.89 Å². The van der Waals surface area contributed by atoms with Gasteiger partial charge in [0.25, 0.3) is 0 Å². The first-order valence-electron chi connectivity index (χ1n) is 14.9. The van der Waals surface area contributed by atoms with Crippen LogP contribution in [-0.4, -0.2) is 17.5 Å². The number of anilines is 2. The highest BCUT2D eigenvalue weighted by atomic mass is 16.5. The molecule has 0 bridgehead atoms. The molecule has 3 aromatic carbocycles. The quantitative estimate of drug-likeness (QED) is 0.0830. The highest BCUT2D eigenvalue weighted by molar-refractivity contribution is 5.87. The maximum Gasteiger partial charge on any atom is 0.349 e. The van der Waals surface area contributed by atoms with E-state index in [9.17, 15) is 9.59 Å². The van der Waals surface area contributed by atoms with Crippen LogP contribution in [0.25, 0.3) is 33.5 Å². The zero-order chi connectivity index (χ0) is 30.5. The third-order valence-corrected chi connectivity index (χ3v) is 7.82. The Hall–Kier alpha value is -4.65. The summed E-state index contributed by atoms with van der Waals surface area (Å²) in [5.74, 6) is 0.260. The summed E-state index contributed by atoms with van der Waals surface area (Å²) in [4.78, 5) is 31.8. The predicted octanol–water partition coefficient (Wildman–Crippen LogP) is 8.88. The van der Waals surface area contributed by atoms with E-state index >= 15 is 0 Å². The summed E-state index contributed by atoms with van der Waals surface area (Å²) in [5, 5.41) is 0.774. The van der Waals surface area contributed by atoms with E-state index in [1.54, 1.807) is 31.2 Å². The van der Waals surface area contributed by atoms with Crippen molar-refractivity contribution in [3.8, 4) is 11.5 Å². The van der Waals surface area contributed by atoms with Crippen LogP contribution in [-0.2, 0) is 16.1 Å². The van der Waals surface area contributed by atoms with Crippen molar-refractivity contribution in [2.45, 2.75) is 60.0 Å². The maximum atomic E-state index is 13.2. The van der Waals surface area contributed by atoms with Crippen molar-refractivity contribution < 1.29 is 18.4 Å². The number of carbonyl (C=O) groups excluding carboxylic acids is 1. The van der Waals surface area contributed by atoms with Crippen molar-refractivity contribution in [2.24, 2.45) is 5.92 Å². The Labute approximate surface area is 251 Å². The number of unbranched alkanes of at least 4 members (excludes halogenated alkanes) is 1. The molecule has 7 nitrogen and oxygen atoms in total. The molecule has 0 saturated heterocycles. The largest absolute Gasteiger partial charge is 0.457 e. The molecule has 222 valence electrons. The van der Waals surface area contributed by atoms with Gasteiger partial charge in [0.05, 0.1) is 0 Å². The fraction of sp³-hybridized carbons (Fsp3) is 0.306. The van der Waals surface area contributed by atoms with Crippen molar-refractivity contribution in [1.82, 2.24) is 4.98 Å². The topological polar surface area (TPSA) is 85.8 Å². The molecule has 1 unspecified atom stereocenters. The van der Waals surface area contributed by atoms with Crippen molar-refractivity contribution in [2.75, 3.05) is 11.4 Å². The lowest BCUT2D eigenvalue weighted by Crippen LogP contribution is -2.25. The normalized spacial score (nSPS) is 12.0. The molecule has 5 aromatic rings. The molecular formula is C36H38N2O5. The Kier molecular flexibility index (Phi) is 9.10. The van der Waals surface area contributed by atoms with E-state index in [2.05, 4.69) is 67.6 Å². The second kappa shape index (κ2) is 13.1. The number of aryl methyl sites for hydroxylation is 1. The van der Waals surface area contributed by atoms with Crippen LogP contribution >= 0.6 is 0 Å². The number of benzene rings is 3. The molecule has 1 atom stereocenters. The van der Waals surface area contributed by atoms with Gasteiger partial charge in [-0.25, -0.2) is 14.6 Å². The summed E-state index contributed by atoms with van der Waals surface area (Å²) in [6.07, 6.45) is 4.65. The molecule has 0 amide bonds. The highest BCUT2D eigenvalue weighted by Gasteiger charge is 2.20. The third-order valence-electron chi connectivity index (χ3n) is 7.82. The summed E-state index contributed by atoms with van der Waals surface area (Å²) in [6, 6.07) is 21.5. The van der Waals surface area contributed by atoms with Crippen LogP contribution < -0.4 is 10.5 Å². The highest BCUT2D eigenvalue weighted by Crippen LogP contribution is 2.34. The lowest BCUT2D eigenvalue weighted by molar-refractivity contribution is -0.140. The number of aromatic nitrogens is 1. The summed E-state index contributed by atoms with van der Waals surface area (Å²) in [7, 11) is 0. The first-order valence-corrected chi connectivity index (χ1v) is 14.9. The Balaban J connectivity index is 1.47. The molecular weight excluding hydrogens is 540 g/mol. The molecule has 0 N–H and O–H groups in total. The van der Waals surface area contributed by atoms with Crippen LogP contribution in [0.2, 0.25) is 0 Å². The standard InChI is InChI=1S/C36H38N2O5/c1-6-8-12-25(7-2)21-38(31-13-10-9-11-24(31)5)28-16-15-27-19-29(36(40)43-32(27)20-28)34-37-30-17-14-26(18-33(30)42-34)22-41-35(39)23(3)4/h9-11,13-20,25H,3,6-8,12,21-22H2,1-2,4-5H3. The average molecular weight is 579 g/mol. The van der Waals surface area contributed by atoms with Crippen molar-refractivity contribution >= 4 is 39.4 Å². The second-order valence-corrected chi connectivity index (χ2v) is 11.2. The number of esters is 1. The van der Waals surface area contributed by atoms with E-state index in [0.29, 0.717) is 28.2 Å². The number of para-hydroxylation sites is 1. The van der Waals surface area contributed by atoms with Crippen LogP contribution in [0.3, 0.4) is 0 Å². The van der Waals surface area contributed by atoms with Gasteiger partial charge < -0.3 is 18.5 Å². The minimum absolute atomic E-state index is 0.0786. The fourth-order valence-corrected chi connectivity index (χ4v) is 5.25. The van der Waals surface area contributed by atoms with E-state index in [0.717, 1.165) is 35.3 Å². The molecule has 7 heteroatoms. The number of fused-ring (bicyclic) bond motifs is 2. The Morgan fingerprint density at radius 3 is 2.58 bits per heavy atom. The van der Waals surface area contributed by atoms with E-state index in [-0.39, 0.29) is 18.1 Å². The lowest BCUT2D eigenvalue weighted by Gasteiger charge is -2.30. The van der Waals surface area contributed by atoms with Gasteiger partial charge in [-0.2, -0.15) is 0 Å². The van der Waals surface area contributed by atoms with Crippen LogP contribution in [0.1, 0.15) is 57.6 Å². The monoisotopic (exact) mass is 578 g/mol. The van der Waals surface area contributed by atoms with E-state index < -0.39 is 11.6 Å². The molecule has 5 rings (SSSR count). The van der Waals surface area contributed by atoms with Gasteiger partial charge in [-0.1, -0.05) is 64.0 Å².